The zero-order valence-corrected chi connectivity index (χ0v) is 45.2. The Bertz CT molecular complexity index is 1270. The summed E-state index contributed by atoms with van der Waals surface area (Å²) < 4.78 is 28.7. The summed E-state index contributed by atoms with van der Waals surface area (Å²) in [6, 6.07) is 0. The van der Waals surface area contributed by atoms with Crippen LogP contribution in [0.4, 0.5) is 0 Å². The van der Waals surface area contributed by atoms with Gasteiger partial charge in [0.25, 0.3) is 0 Å². The van der Waals surface area contributed by atoms with Crippen molar-refractivity contribution in [2.75, 3.05) is 12.8 Å². The Morgan fingerprint density at radius 1 is 0.507 bits per heavy atom. The highest BCUT2D eigenvalue weighted by Gasteiger charge is 2.49. The van der Waals surface area contributed by atoms with Gasteiger partial charge >= 0.3 is 19.5 Å². The van der Waals surface area contributed by atoms with Gasteiger partial charge in [-0.15, -0.1) is 0 Å². The molecule has 4 unspecified atom stereocenters. The fourth-order valence-electron chi connectivity index (χ4n) is 8.98. The Kier molecular flexibility index (Phi) is 42.5. The number of aliphatic hydroxyl groups is 5. The number of aliphatic hydroxyl groups excluding tert-OH is 5. The zero-order valence-electron chi connectivity index (χ0n) is 43.5. The number of hydrogen-bond donors (Lipinski definition) is 7. The first kappa shape index (κ1) is 66.0. The summed E-state index contributed by atoms with van der Waals surface area (Å²) >= 11 is 0.985. The summed E-state index contributed by atoms with van der Waals surface area (Å²) in [6.45, 7) is 4.37. The number of hydrogen-bond acceptors (Lipinski definition) is 12. The van der Waals surface area contributed by atoms with Crippen molar-refractivity contribution in [1.29, 1.82) is 0 Å². The molecule has 0 saturated heterocycles. The summed E-state index contributed by atoms with van der Waals surface area (Å²) in [5, 5.41) is 51.9. The molecule has 0 aliphatic heterocycles. The van der Waals surface area contributed by atoms with Crippen LogP contribution >= 0.6 is 19.6 Å². The third-order valence-electron chi connectivity index (χ3n) is 13.5. The van der Waals surface area contributed by atoms with Gasteiger partial charge in [-0.1, -0.05) is 199 Å². The second-order valence-corrected chi connectivity index (χ2v) is 22.9. The molecule has 8 atom stereocenters. The minimum absolute atomic E-state index is 0.0283. The van der Waals surface area contributed by atoms with Crippen molar-refractivity contribution < 1.29 is 63.1 Å². The van der Waals surface area contributed by atoms with Crippen LogP contribution in [0.3, 0.4) is 0 Å². The van der Waals surface area contributed by atoms with E-state index in [0.717, 1.165) is 128 Å². The molecule has 0 aromatic heterocycles. The van der Waals surface area contributed by atoms with Crippen molar-refractivity contribution in [3.8, 4) is 0 Å². The minimum Gasteiger partial charge on any atom is -0.462 e. The predicted molar refractivity (Wildman–Crippen MR) is 280 cm³/mol. The first-order valence-corrected chi connectivity index (χ1v) is 30.7. The Balaban J connectivity index is 2.78. The fourth-order valence-corrected chi connectivity index (χ4v) is 10.7. The van der Waals surface area contributed by atoms with Gasteiger partial charge < -0.3 is 49.0 Å². The van der Waals surface area contributed by atoms with Crippen LogP contribution in [0.2, 0.25) is 0 Å². The molecule has 15 heteroatoms. The van der Waals surface area contributed by atoms with Gasteiger partial charge in [0.05, 0.1) is 0 Å². The summed E-state index contributed by atoms with van der Waals surface area (Å²) in [5.74, 6) is -0.667. The molecule has 0 aromatic carbocycles. The molecule has 408 valence electrons. The smallest absolute Gasteiger partial charge is 0.325 e. The van der Waals surface area contributed by atoms with Gasteiger partial charge in [0.15, 0.2) is 0 Å². The standard InChI is InChI=1S/C54H103O13PS/c1-3-5-7-9-11-13-19-24-28-32-36-40-47(55)65-44-45(66-48(56)41-37-33-29-25-20-14-12-10-8-6-4-2)43-46(69-67-54-52(60)50(58)49(57)51(59)53(54)61)39-35-31-27-23-21-17-15-16-18-22-26-30-34-38-42-68(62,63)64/h15,17,45-46,49-54,57-61H,3-14,16,18-44H2,1-2H3,(H2,62,63,64)/b17-15-/t45?,46?,49?,50-,51+,52-,53-,54?/m0/s1. The van der Waals surface area contributed by atoms with E-state index in [1.807, 2.05) is 0 Å². The average molecular weight is 1020 g/mol. The lowest BCUT2D eigenvalue weighted by Gasteiger charge is -2.41. The second-order valence-electron chi connectivity index (χ2n) is 20.1. The number of rotatable bonds is 48. The van der Waals surface area contributed by atoms with Crippen molar-refractivity contribution in [3.63, 3.8) is 0 Å². The van der Waals surface area contributed by atoms with Gasteiger partial charge in [0.2, 0.25) is 0 Å². The van der Waals surface area contributed by atoms with Gasteiger partial charge in [0.1, 0.15) is 49.3 Å². The van der Waals surface area contributed by atoms with Crippen LogP contribution in [-0.4, -0.2) is 108 Å². The van der Waals surface area contributed by atoms with Gasteiger partial charge in [-0.05, 0) is 63.4 Å². The molecule has 7 N–H and O–H groups in total. The van der Waals surface area contributed by atoms with E-state index in [0.29, 0.717) is 19.3 Å². The topological polar surface area (TPSA) is 221 Å². The van der Waals surface area contributed by atoms with E-state index in [2.05, 4.69) is 26.0 Å². The van der Waals surface area contributed by atoms with Crippen LogP contribution in [-0.2, 0) is 27.8 Å². The van der Waals surface area contributed by atoms with Crippen molar-refractivity contribution in [1.82, 2.24) is 0 Å². The van der Waals surface area contributed by atoms with Crippen molar-refractivity contribution in [2.45, 2.75) is 306 Å². The highest BCUT2D eigenvalue weighted by molar-refractivity contribution is 7.95. The third kappa shape index (κ3) is 37.3. The fraction of sp³-hybridized carbons (Fsp3) is 0.926. The molecule has 0 aromatic rings. The Hall–Kier alpha value is -1.06. The molecule has 69 heavy (non-hydrogen) atoms. The van der Waals surface area contributed by atoms with Crippen LogP contribution in [0.25, 0.3) is 0 Å². The number of allylic oxidation sites excluding steroid dienone is 2. The molecule has 1 fully saturated rings. The van der Waals surface area contributed by atoms with Gasteiger partial charge in [-0.25, -0.2) is 0 Å². The summed E-state index contributed by atoms with van der Waals surface area (Å²) in [6.07, 6.45) is 32.5. The van der Waals surface area contributed by atoms with Crippen LogP contribution < -0.4 is 0 Å². The van der Waals surface area contributed by atoms with Gasteiger partial charge in [-0.3, -0.25) is 14.2 Å². The number of carbonyl (C=O) groups excluding carboxylic acids is 2. The van der Waals surface area contributed by atoms with Crippen LogP contribution in [0, 0.1) is 0 Å². The maximum absolute atomic E-state index is 13.3. The first-order valence-electron chi connectivity index (χ1n) is 28.1. The maximum atomic E-state index is 13.3. The SMILES string of the molecule is CCCCCCCCCCCCCC(=O)OCC(CC(CCCCCC/C=C\CCCCCCCCP(=O)(O)O)SOC1[C@@H](O)[C@H](O)C(O)[C@H](O)[C@@H]1O)OC(=O)CCCCCCCCCCCCC. The monoisotopic (exact) mass is 1020 g/mol. The van der Waals surface area contributed by atoms with Crippen LogP contribution in [0.5, 0.6) is 0 Å². The molecule has 0 heterocycles. The molecule has 0 spiro atoms. The van der Waals surface area contributed by atoms with Gasteiger partial charge in [0, 0.05) is 30.7 Å². The normalized spacial score (nSPS) is 20.7. The molecule has 1 aliphatic carbocycles. The van der Waals surface area contributed by atoms with Gasteiger partial charge in [-0.2, -0.15) is 0 Å². The van der Waals surface area contributed by atoms with E-state index in [4.69, 9.17) is 23.4 Å². The Labute approximate surface area is 423 Å². The summed E-state index contributed by atoms with van der Waals surface area (Å²) in [5.41, 5.74) is 0. The Morgan fingerprint density at radius 2 is 0.884 bits per heavy atom. The van der Waals surface area contributed by atoms with Crippen molar-refractivity contribution in [2.24, 2.45) is 0 Å². The van der Waals surface area contributed by atoms with Crippen molar-refractivity contribution >= 4 is 31.6 Å². The lowest BCUT2D eigenvalue weighted by molar-refractivity contribution is -0.214. The number of esters is 2. The zero-order chi connectivity index (χ0) is 50.8. The summed E-state index contributed by atoms with van der Waals surface area (Å²) in [7, 11) is -3.89. The molecular formula is C54H103O13PS. The van der Waals surface area contributed by atoms with E-state index >= 15 is 0 Å². The van der Waals surface area contributed by atoms with Crippen LogP contribution in [0.1, 0.15) is 258 Å². The molecule has 1 saturated carbocycles. The van der Waals surface area contributed by atoms with E-state index < -0.39 is 50.3 Å². The third-order valence-corrected chi connectivity index (χ3v) is 15.4. The lowest BCUT2D eigenvalue weighted by Crippen LogP contribution is -2.63. The van der Waals surface area contributed by atoms with Crippen LogP contribution in [0.15, 0.2) is 12.2 Å². The molecular weight excluding hydrogens is 920 g/mol. The molecule has 1 rings (SSSR count). The minimum atomic E-state index is -3.89. The van der Waals surface area contributed by atoms with E-state index in [9.17, 15) is 39.7 Å². The molecule has 13 nitrogen and oxygen atoms in total. The number of ether oxygens (including phenoxy) is 2. The maximum Gasteiger partial charge on any atom is 0.325 e. The number of unbranched alkanes of at least 4 members (excludes halogenated alkanes) is 30. The molecule has 1 aliphatic rings. The highest BCUT2D eigenvalue weighted by Crippen LogP contribution is 2.36. The highest BCUT2D eigenvalue weighted by atomic mass is 32.2. The second kappa shape index (κ2) is 44.4. The Morgan fingerprint density at radius 3 is 1.33 bits per heavy atom. The predicted octanol–water partition coefficient (Wildman–Crippen LogP) is 12.3. The molecule has 0 bridgehead atoms. The lowest BCUT2D eigenvalue weighted by atomic mass is 9.85. The van der Waals surface area contributed by atoms with Crippen molar-refractivity contribution in [3.05, 3.63) is 12.2 Å². The summed E-state index contributed by atoms with van der Waals surface area (Å²) in [4.78, 5) is 44.2. The average Bonchev–Trinajstić information content (AvgIpc) is 3.32. The van der Waals surface area contributed by atoms with E-state index in [-0.39, 0.29) is 42.8 Å². The molecule has 0 amide bonds. The first-order chi connectivity index (χ1) is 33.3. The van der Waals surface area contributed by atoms with E-state index in [1.54, 1.807) is 0 Å². The quantitative estimate of drug-likeness (QED) is 0.00991. The molecule has 0 radical (unpaired) electrons. The largest absolute Gasteiger partial charge is 0.462 e. The number of carbonyl (C=O) groups is 2. The van der Waals surface area contributed by atoms with E-state index in [1.165, 1.54) is 96.3 Å².